The number of hydrogen-bond donors (Lipinski definition) is 1. The maximum absolute atomic E-state index is 12.5. The zero-order valence-electron chi connectivity index (χ0n) is 10.4. The molecule has 0 unspecified atom stereocenters. The summed E-state index contributed by atoms with van der Waals surface area (Å²) in [5.41, 5.74) is 6.41. The summed E-state index contributed by atoms with van der Waals surface area (Å²) in [6, 6.07) is 6.32. The van der Waals surface area contributed by atoms with E-state index in [0.29, 0.717) is 11.4 Å². The second-order valence-corrected chi connectivity index (χ2v) is 5.77. The molecule has 0 amide bonds. The molecule has 2 rings (SSSR count). The molecule has 100 valence electrons. The minimum Gasteiger partial charge on any atom is -0.325 e. The molecule has 2 heterocycles. The third-order valence-electron chi connectivity index (χ3n) is 2.71. The van der Waals surface area contributed by atoms with Crippen LogP contribution in [0.1, 0.15) is 5.69 Å². The van der Waals surface area contributed by atoms with Gasteiger partial charge in [0.1, 0.15) is 4.90 Å². The van der Waals surface area contributed by atoms with Crippen molar-refractivity contribution in [2.45, 2.75) is 11.4 Å². The van der Waals surface area contributed by atoms with Crippen molar-refractivity contribution < 1.29 is 8.42 Å². The van der Waals surface area contributed by atoms with Gasteiger partial charge in [0.05, 0.1) is 11.4 Å². The van der Waals surface area contributed by atoms with Gasteiger partial charge in [-0.15, -0.1) is 0 Å². The molecule has 0 saturated carbocycles. The lowest BCUT2D eigenvalue weighted by Gasteiger charge is -2.20. The Bertz CT molecular complexity index is 658. The lowest BCUT2D eigenvalue weighted by atomic mass is 10.3. The summed E-state index contributed by atoms with van der Waals surface area (Å²) >= 11 is 0. The minimum absolute atomic E-state index is 0.0690. The van der Waals surface area contributed by atoms with Gasteiger partial charge < -0.3 is 5.73 Å². The molecule has 2 aromatic heterocycles. The van der Waals surface area contributed by atoms with E-state index in [9.17, 15) is 8.42 Å². The predicted octanol–water partition coefficient (Wildman–Crippen LogP) is 0.760. The molecule has 2 aromatic rings. The normalized spacial score (nSPS) is 11.3. The molecule has 0 aliphatic carbocycles. The monoisotopic (exact) mass is 278 g/mol. The number of aromatic nitrogens is 2. The zero-order chi connectivity index (χ0) is 13.9. The highest BCUT2D eigenvalue weighted by Crippen LogP contribution is 2.22. The molecule has 0 aromatic carbocycles. The second-order valence-electron chi connectivity index (χ2n) is 3.83. The van der Waals surface area contributed by atoms with E-state index in [2.05, 4.69) is 9.97 Å². The molecular formula is C12H14N4O2S. The lowest BCUT2D eigenvalue weighted by molar-refractivity contribution is 0.592. The first-order chi connectivity index (χ1) is 9.07. The van der Waals surface area contributed by atoms with Crippen molar-refractivity contribution in [3.63, 3.8) is 0 Å². The molecule has 0 aliphatic rings. The molecule has 19 heavy (non-hydrogen) atoms. The van der Waals surface area contributed by atoms with Gasteiger partial charge in [-0.05, 0) is 24.3 Å². The van der Waals surface area contributed by atoms with Gasteiger partial charge in [0.25, 0.3) is 10.0 Å². The van der Waals surface area contributed by atoms with E-state index in [4.69, 9.17) is 5.73 Å². The topological polar surface area (TPSA) is 89.2 Å². The highest BCUT2D eigenvalue weighted by molar-refractivity contribution is 7.92. The fourth-order valence-corrected chi connectivity index (χ4v) is 3.03. The van der Waals surface area contributed by atoms with Crippen molar-refractivity contribution in [1.82, 2.24) is 9.97 Å². The van der Waals surface area contributed by atoms with E-state index in [1.165, 1.54) is 36.0 Å². The number of pyridine rings is 2. The van der Waals surface area contributed by atoms with Gasteiger partial charge >= 0.3 is 0 Å². The number of rotatable bonds is 4. The van der Waals surface area contributed by atoms with Crippen LogP contribution in [0.5, 0.6) is 0 Å². The Morgan fingerprint density at radius 2 is 1.89 bits per heavy atom. The minimum atomic E-state index is -3.67. The Morgan fingerprint density at radius 1 is 1.21 bits per heavy atom. The molecule has 6 nitrogen and oxygen atoms in total. The van der Waals surface area contributed by atoms with Gasteiger partial charge in [-0.2, -0.15) is 0 Å². The Hall–Kier alpha value is -1.99. The molecule has 0 bridgehead atoms. The molecule has 0 radical (unpaired) electrons. The third kappa shape index (κ3) is 2.56. The summed E-state index contributed by atoms with van der Waals surface area (Å²) in [4.78, 5) is 7.98. The average molecular weight is 278 g/mol. The first kappa shape index (κ1) is 13.4. The standard InChI is InChI=1S/C12H14N4O2S/c1-16(10-4-7-14-8-5-10)19(17,18)12-3-2-6-15-11(12)9-13/h2-8H,9,13H2,1H3. The maximum Gasteiger partial charge on any atom is 0.265 e. The number of nitrogens with zero attached hydrogens (tertiary/aromatic N) is 3. The first-order valence-corrected chi connectivity index (χ1v) is 7.04. The van der Waals surface area contributed by atoms with Gasteiger partial charge in [0.15, 0.2) is 0 Å². The van der Waals surface area contributed by atoms with Gasteiger partial charge in [0.2, 0.25) is 0 Å². The summed E-state index contributed by atoms with van der Waals surface area (Å²) < 4.78 is 26.2. The molecule has 0 saturated heterocycles. The Labute approximate surface area is 112 Å². The molecule has 0 aliphatic heterocycles. The van der Waals surface area contributed by atoms with Crippen LogP contribution in [0.4, 0.5) is 5.69 Å². The average Bonchev–Trinajstić information content (AvgIpc) is 2.47. The van der Waals surface area contributed by atoms with E-state index in [-0.39, 0.29) is 11.4 Å². The van der Waals surface area contributed by atoms with Crippen molar-refractivity contribution >= 4 is 15.7 Å². The Kier molecular flexibility index (Phi) is 3.77. The molecule has 0 atom stereocenters. The van der Waals surface area contributed by atoms with Crippen molar-refractivity contribution in [3.8, 4) is 0 Å². The zero-order valence-corrected chi connectivity index (χ0v) is 11.2. The summed E-state index contributed by atoms with van der Waals surface area (Å²) in [5, 5.41) is 0. The van der Waals surface area contributed by atoms with E-state index in [0.717, 1.165) is 0 Å². The van der Waals surface area contributed by atoms with Crippen LogP contribution in [-0.2, 0) is 16.6 Å². The van der Waals surface area contributed by atoms with Crippen LogP contribution < -0.4 is 10.0 Å². The Morgan fingerprint density at radius 3 is 2.53 bits per heavy atom. The van der Waals surface area contributed by atoms with Gasteiger partial charge in [0, 0.05) is 32.2 Å². The van der Waals surface area contributed by atoms with E-state index < -0.39 is 10.0 Å². The summed E-state index contributed by atoms with van der Waals surface area (Å²) in [7, 11) is -2.19. The number of nitrogens with two attached hydrogens (primary N) is 1. The Balaban J connectivity index is 2.48. The first-order valence-electron chi connectivity index (χ1n) is 5.60. The van der Waals surface area contributed by atoms with Crippen molar-refractivity contribution in [1.29, 1.82) is 0 Å². The van der Waals surface area contributed by atoms with Crippen molar-refractivity contribution in [2.75, 3.05) is 11.4 Å². The predicted molar refractivity (Wildman–Crippen MR) is 72.0 cm³/mol. The number of sulfonamides is 1. The summed E-state index contributed by atoms with van der Waals surface area (Å²) in [5.74, 6) is 0. The number of anilines is 1. The van der Waals surface area contributed by atoms with E-state index >= 15 is 0 Å². The number of hydrogen-bond acceptors (Lipinski definition) is 5. The summed E-state index contributed by atoms with van der Waals surface area (Å²) in [6.07, 6.45) is 4.59. The van der Waals surface area contributed by atoms with Crippen molar-refractivity contribution in [2.24, 2.45) is 5.73 Å². The van der Waals surface area contributed by atoms with Crippen molar-refractivity contribution in [3.05, 3.63) is 48.5 Å². The summed E-state index contributed by atoms with van der Waals surface area (Å²) in [6.45, 7) is 0.0690. The molecule has 2 N–H and O–H groups in total. The SMILES string of the molecule is CN(c1ccncc1)S(=O)(=O)c1cccnc1CN. The smallest absolute Gasteiger partial charge is 0.265 e. The largest absolute Gasteiger partial charge is 0.325 e. The van der Waals surface area contributed by atoms with Crippen LogP contribution in [0.25, 0.3) is 0 Å². The van der Waals surface area contributed by atoms with Crippen LogP contribution in [0, 0.1) is 0 Å². The van der Waals surface area contributed by atoms with Crippen LogP contribution in [-0.4, -0.2) is 25.4 Å². The van der Waals surface area contributed by atoms with E-state index in [1.54, 1.807) is 18.2 Å². The van der Waals surface area contributed by atoms with Crippen LogP contribution in [0.15, 0.2) is 47.8 Å². The fourth-order valence-electron chi connectivity index (χ4n) is 1.65. The second kappa shape index (κ2) is 5.33. The quantitative estimate of drug-likeness (QED) is 0.892. The molecule has 0 fully saturated rings. The fraction of sp³-hybridized carbons (Fsp3) is 0.167. The van der Waals surface area contributed by atoms with Crippen LogP contribution in [0.3, 0.4) is 0 Å². The van der Waals surface area contributed by atoms with Gasteiger partial charge in [-0.25, -0.2) is 8.42 Å². The third-order valence-corrected chi connectivity index (χ3v) is 4.57. The van der Waals surface area contributed by atoms with Crippen LogP contribution in [0.2, 0.25) is 0 Å². The highest BCUT2D eigenvalue weighted by atomic mass is 32.2. The molecule has 0 spiro atoms. The highest BCUT2D eigenvalue weighted by Gasteiger charge is 2.24. The molecular weight excluding hydrogens is 264 g/mol. The maximum atomic E-state index is 12.5. The van der Waals surface area contributed by atoms with E-state index in [1.807, 2.05) is 0 Å². The van der Waals surface area contributed by atoms with Gasteiger partial charge in [-0.1, -0.05) is 0 Å². The van der Waals surface area contributed by atoms with Crippen LogP contribution >= 0.6 is 0 Å². The molecule has 7 heteroatoms. The van der Waals surface area contributed by atoms with Gasteiger partial charge in [-0.3, -0.25) is 14.3 Å². The lowest BCUT2D eigenvalue weighted by Crippen LogP contribution is -2.28.